The summed E-state index contributed by atoms with van der Waals surface area (Å²) in [5.74, 6) is 0. The lowest BCUT2D eigenvalue weighted by Gasteiger charge is -1.92. The number of allylic oxidation sites excluding steroid dienone is 1. The number of alkyl halides is 1. The molecular weight excluding hydrogens is 235 g/mol. The smallest absolute Gasteiger partial charge is 0.0411 e. The first-order valence-corrected chi connectivity index (χ1v) is 5.31. The summed E-state index contributed by atoms with van der Waals surface area (Å²) < 4.78 is 0. The van der Waals surface area contributed by atoms with Gasteiger partial charge in [-0.1, -0.05) is 51.8 Å². The first-order valence-electron chi connectivity index (χ1n) is 3.81. The monoisotopic (exact) mass is 244 g/mol. The molecule has 0 aliphatic heterocycles. The molecule has 0 saturated heterocycles. The fraction of sp³-hybridized carbons (Fsp3) is 0.200. The summed E-state index contributed by atoms with van der Waals surface area (Å²) in [6.07, 6.45) is 5.25. The van der Waals surface area contributed by atoms with E-state index in [2.05, 4.69) is 28.1 Å². The maximum absolute atomic E-state index is 5.81. The zero-order valence-corrected chi connectivity index (χ0v) is 8.98. The van der Waals surface area contributed by atoms with E-state index in [0.717, 1.165) is 22.3 Å². The Kier molecular flexibility index (Phi) is 4.41. The second-order valence-corrected chi connectivity index (χ2v) is 3.66. The molecule has 0 N–H and O–H groups in total. The molecule has 0 aliphatic carbocycles. The second-order valence-electron chi connectivity index (χ2n) is 2.44. The Morgan fingerprint density at radius 3 is 2.92 bits per heavy atom. The van der Waals surface area contributed by atoms with Gasteiger partial charge in [-0.2, -0.15) is 0 Å². The number of hydrogen-bond donors (Lipinski definition) is 0. The summed E-state index contributed by atoms with van der Waals surface area (Å²) in [5, 5.41) is 1.79. The Hall–Kier alpha value is -0.270. The largest absolute Gasteiger partial charge is 0.0925 e. The molecule has 0 aliphatic rings. The number of rotatable bonds is 3. The van der Waals surface area contributed by atoms with Crippen molar-refractivity contribution in [3.05, 3.63) is 40.9 Å². The number of benzene rings is 1. The molecule has 0 saturated carbocycles. The molecule has 0 amide bonds. The van der Waals surface area contributed by atoms with Crippen LogP contribution in [0.25, 0.3) is 6.08 Å². The van der Waals surface area contributed by atoms with Crippen LogP contribution < -0.4 is 0 Å². The Morgan fingerprint density at radius 2 is 2.25 bits per heavy atom. The number of halogens is 2. The molecule has 0 fully saturated rings. The van der Waals surface area contributed by atoms with Crippen molar-refractivity contribution in [2.24, 2.45) is 0 Å². The van der Waals surface area contributed by atoms with Crippen molar-refractivity contribution < 1.29 is 0 Å². The van der Waals surface area contributed by atoms with Gasteiger partial charge in [0.15, 0.2) is 0 Å². The molecule has 12 heavy (non-hydrogen) atoms. The van der Waals surface area contributed by atoms with Gasteiger partial charge >= 0.3 is 0 Å². The Labute approximate surface area is 86.4 Å². The van der Waals surface area contributed by atoms with Gasteiger partial charge in [-0.3, -0.25) is 0 Å². The van der Waals surface area contributed by atoms with Gasteiger partial charge in [0.05, 0.1) is 0 Å². The molecular formula is C10H10BrCl. The fourth-order valence-electron chi connectivity index (χ4n) is 0.893. The fourth-order valence-corrected chi connectivity index (χ4v) is 1.36. The van der Waals surface area contributed by atoms with E-state index in [9.17, 15) is 0 Å². The Bertz CT molecular complexity index is 268. The lowest BCUT2D eigenvalue weighted by Crippen LogP contribution is -1.71. The molecule has 0 atom stereocenters. The third-order valence-corrected chi connectivity index (χ3v) is 2.13. The summed E-state index contributed by atoms with van der Waals surface area (Å²) in [6, 6.07) is 7.82. The van der Waals surface area contributed by atoms with Crippen LogP contribution >= 0.6 is 27.5 Å². The summed E-state index contributed by atoms with van der Waals surface area (Å²) >= 11 is 9.17. The maximum atomic E-state index is 5.81. The van der Waals surface area contributed by atoms with Crippen molar-refractivity contribution in [1.82, 2.24) is 0 Å². The van der Waals surface area contributed by atoms with Crippen LogP contribution in [-0.4, -0.2) is 5.33 Å². The quantitative estimate of drug-likeness (QED) is 0.702. The topological polar surface area (TPSA) is 0 Å². The minimum atomic E-state index is 0.788. The van der Waals surface area contributed by atoms with Crippen LogP contribution in [0.5, 0.6) is 0 Å². The summed E-state index contributed by atoms with van der Waals surface area (Å²) in [5.41, 5.74) is 1.16. The van der Waals surface area contributed by atoms with E-state index >= 15 is 0 Å². The third-order valence-electron chi connectivity index (χ3n) is 1.43. The van der Waals surface area contributed by atoms with Crippen LogP contribution in [0.3, 0.4) is 0 Å². The maximum Gasteiger partial charge on any atom is 0.0411 e. The van der Waals surface area contributed by atoms with Crippen molar-refractivity contribution in [3.63, 3.8) is 0 Å². The summed E-state index contributed by atoms with van der Waals surface area (Å²) in [4.78, 5) is 0. The third kappa shape index (κ3) is 3.42. The highest BCUT2D eigenvalue weighted by molar-refractivity contribution is 9.09. The van der Waals surface area contributed by atoms with E-state index in [0.29, 0.717) is 0 Å². The first-order chi connectivity index (χ1) is 5.83. The molecule has 1 aromatic carbocycles. The van der Waals surface area contributed by atoms with Gasteiger partial charge in [-0.25, -0.2) is 0 Å². The average molecular weight is 246 g/mol. The Morgan fingerprint density at radius 1 is 1.42 bits per heavy atom. The first kappa shape index (κ1) is 9.82. The van der Waals surface area contributed by atoms with Crippen LogP contribution in [0.4, 0.5) is 0 Å². The summed E-state index contributed by atoms with van der Waals surface area (Å²) in [6.45, 7) is 0. The van der Waals surface area contributed by atoms with Crippen molar-refractivity contribution in [3.8, 4) is 0 Å². The molecule has 0 spiro atoms. The molecule has 0 bridgehead atoms. The molecule has 0 heterocycles. The van der Waals surface area contributed by atoms with Gasteiger partial charge < -0.3 is 0 Å². The normalized spacial score (nSPS) is 10.8. The molecule has 0 radical (unpaired) electrons. The van der Waals surface area contributed by atoms with Gasteiger partial charge in [-0.15, -0.1) is 0 Å². The van der Waals surface area contributed by atoms with Crippen LogP contribution in [0, 0.1) is 0 Å². The molecule has 1 aromatic rings. The van der Waals surface area contributed by atoms with Crippen molar-refractivity contribution in [1.29, 1.82) is 0 Å². The van der Waals surface area contributed by atoms with Gasteiger partial charge in [0.25, 0.3) is 0 Å². The van der Waals surface area contributed by atoms with Crippen molar-refractivity contribution in [2.75, 3.05) is 5.33 Å². The van der Waals surface area contributed by atoms with E-state index in [1.807, 2.05) is 24.3 Å². The van der Waals surface area contributed by atoms with Crippen molar-refractivity contribution in [2.45, 2.75) is 6.42 Å². The molecule has 0 nitrogen and oxygen atoms in total. The average Bonchev–Trinajstić information content (AvgIpc) is 2.05. The minimum absolute atomic E-state index is 0.788. The predicted molar refractivity (Wildman–Crippen MR) is 58.9 cm³/mol. The zero-order chi connectivity index (χ0) is 8.81. The highest BCUT2D eigenvalue weighted by Gasteiger charge is 1.87. The zero-order valence-electron chi connectivity index (χ0n) is 6.63. The lowest BCUT2D eigenvalue weighted by atomic mass is 10.2. The lowest BCUT2D eigenvalue weighted by molar-refractivity contribution is 1.27. The van der Waals surface area contributed by atoms with E-state index < -0.39 is 0 Å². The van der Waals surface area contributed by atoms with Gasteiger partial charge in [-0.05, 0) is 24.1 Å². The SMILES string of the molecule is Clc1cccc(/C=C/CCBr)c1. The highest BCUT2D eigenvalue weighted by atomic mass is 79.9. The van der Waals surface area contributed by atoms with Gasteiger partial charge in [0.2, 0.25) is 0 Å². The molecule has 2 heteroatoms. The molecule has 0 unspecified atom stereocenters. The van der Waals surface area contributed by atoms with Crippen molar-refractivity contribution >= 4 is 33.6 Å². The van der Waals surface area contributed by atoms with E-state index in [-0.39, 0.29) is 0 Å². The van der Waals surface area contributed by atoms with Crippen LogP contribution in [-0.2, 0) is 0 Å². The van der Waals surface area contributed by atoms with Gasteiger partial charge in [0, 0.05) is 10.4 Å². The Balaban J connectivity index is 2.63. The van der Waals surface area contributed by atoms with E-state index in [1.165, 1.54) is 0 Å². The molecule has 0 aromatic heterocycles. The summed E-state index contributed by atoms with van der Waals surface area (Å²) in [7, 11) is 0. The minimum Gasteiger partial charge on any atom is -0.0925 e. The molecule has 64 valence electrons. The van der Waals surface area contributed by atoms with E-state index in [1.54, 1.807) is 0 Å². The predicted octanol–water partition coefficient (Wildman–Crippen LogP) is 4.14. The van der Waals surface area contributed by atoms with Crippen LogP contribution in [0.1, 0.15) is 12.0 Å². The standard InChI is InChI=1S/C10H10BrCl/c11-7-2-1-4-9-5-3-6-10(12)8-9/h1,3-6,8H,2,7H2/b4-1+. The second kappa shape index (κ2) is 5.39. The van der Waals surface area contributed by atoms with E-state index in [4.69, 9.17) is 11.6 Å². The van der Waals surface area contributed by atoms with Crippen LogP contribution in [0.15, 0.2) is 30.3 Å². The number of hydrogen-bond acceptors (Lipinski definition) is 0. The molecule has 1 rings (SSSR count). The van der Waals surface area contributed by atoms with Gasteiger partial charge in [0.1, 0.15) is 0 Å². The highest BCUT2D eigenvalue weighted by Crippen LogP contribution is 2.11. The van der Waals surface area contributed by atoms with Crippen LogP contribution in [0.2, 0.25) is 5.02 Å².